The molecular weight excluding hydrogens is 212 g/mol. The van der Waals surface area contributed by atoms with Crippen LogP contribution in [0.25, 0.3) is 0 Å². The first-order valence-electron chi connectivity index (χ1n) is 5.41. The van der Waals surface area contributed by atoms with Crippen molar-refractivity contribution in [1.29, 1.82) is 0 Å². The number of hydrogen-bond acceptors (Lipinski definition) is 4. The summed E-state index contributed by atoms with van der Waals surface area (Å²) in [6, 6.07) is -1.65. The Morgan fingerprint density at radius 1 is 1.25 bits per heavy atom. The van der Waals surface area contributed by atoms with Gasteiger partial charge in [0.2, 0.25) is 12.1 Å². The van der Waals surface area contributed by atoms with E-state index < -0.39 is 17.0 Å². The van der Waals surface area contributed by atoms with Crippen LogP contribution in [0.5, 0.6) is 0 Å². The molecule has 0 saturated carbocycles. The smallest absolute Gasteiger partial charge is 0.231 e. The lowest BCUT2D eigenvalue weighted by Gasteiger charge is -2.09. The Morgan fingerprint density at radius 3 is 2.12 bits per heavy atom. The van der Waals surface area contributed by atoms with Crippen LogP contribution >= 0.6 is 0 Å². The topological polar surface area (TPSA) is 86.3 Å². The van der Waals surface area contributed by atoms with Crippen LogP contribution in [0, 0.1) is 20.2 Å². The SMILES string of the molecule is CCCC(/C=C(\CC)C(C)[N+](=O)[O-])[N+](=O)[O-]. The molecule has 0 rings (SSSR count). The van der Waals surface area contributed by atoms with Crippen molar-refractivity contribution in [2.45, 2.75) is 52.1 Å². The molecule has 0 radical (unpaired) electrons. The molecule has 2 atom stereocenters. The van der Waals surface area contributed by atoms with Crippen molar-refractivity contribution in [3.8, 4) is 0 Å². The van der Waals surface area contributed by atoms with Crippen LogP contribution in [0.2, 0.25) is 0 Å². The van der Waals surface area contributed by atoms with Gasteiger partial charge in [-0.1, -0.05) is 13.8 Å². The molecule has 16 heavy (non-hydrogen) atoms. The number of nitrogens with zero attached hydrogens (tertiary/aromatic N) is 2. The Bertz CT molecular complexity index is 289. The first-order valence-corrected chi connectivity index (χ1v) is 5.41. The van der Waals surface area contributed by atoms with Gasteiger partial charge in [0.15, 0.2) is 0 Å². The van der Waals surface area contributed by atoms with Crippen molar-refractivity contribution in [1.82, 2.24) is 0 Å². The largest absolute Gasteiger partial charge is 0.264 e. The fraction of sp³-hybridized carbons (Fsp3) is 0.800. The van der Waals surface area contributed by atoms with Gasteiger partial charge in [-0.2, -0.15) is 0 Å². The lowest BCUT2D eigenvalue weighted by atomic mass is 10.0. The summed E-state index contributed by atoms with van der Waals surface area (Å²) in [6.45, 7) is 5.08. The van der Waals surface area contributed by atoms with E-state index in [1.807, 2.05) is 6.92 Å². The minimum absolute atomic E-state index is 0.383. The van der Waals surface area contributed by atoms with Gasteiger partial charge in [-0.25, -0.2) is 0 Å². The first-order chi connectivity index (χ1) is 7.43. The van der Waals surface area contributed by atoms with Crippen LogP contribution in [-0.2, 0) is 0 Å². The van der Waals surface area contributed by atoms with Crippen molar-refractivity contribution in [3.63, 3.8) is 0 Å². The van der Waals surface area contributed by atoms with Crippen LogP contribution < -0.4 is 0 Å². The molecule has 0 heterocycles. The summed E-state index contributed by atoms with van der Waals surface area (Å²) in [6.07, 6.45) is 3.01. The first kappa shape index (κ1) is 14.5. The van der Waals surface area contributed by atoms with Crippen LogP contribution in [0.3, 0.4) is 0 Å². The predicted molar refractivity (Wildman–Crippen MR) is 60.5 cm³/mol. The van der Waals surface area contributed by atoms with E-state index in [1.54, 1.807) is 6.92 Å². The lowest BCUT2D eigenvalue weighted by molar-refractivity contribution is -0.515. The van der Waals surface area contributed by atoms with Gasteiger partial charge in [0, 0.05) is 28.8 Å². The number of rotatable bonds is 7. The van der Waals surface area contributed by atoms with Crippen molar-refractivity contribution < 1.29 is 9.85 Å². The molecule has 0 N–H and O–H groups in total. The summed E-state index contributed by atoms with van der Waals surface area (Å²) in [4.78, 5) is 20.5. The minimum Gasteiger partial charge on any atom is -0.264 e. The van der Waals surface area contributed by atoms with Crippen molar-refractivity contribution >= 4 is 0 Å². The average Bonchev–Trinajstić information content (AvgIpc) is 2.22. The molecule has 0 aromatic rings. The summed E-state index contributed by atoms with van der Waals surface area (Å²) < 4.78 is 0. The molecule has 0 spiro atoms. The Hall–Kier alpha value is -1.46. The van der Waals surface area contributed by atoms with Crippen molar-refractivity contribution in [2.75, 3.05) is 0 Å². The fourth-order valence-electron chi connectivity index (χ4n) is 1.48. The number of nitro groups is 2. The Balaban J connectivity index is 4.88. The van der Waals surface area contributed by atoms with E-state index in [2.05, 4.69) is 0 Å². The van der Waals surface area contributed by atoms with Gasteiger partial charge < -0.3 is 0 Å². The molecular formula is C10H18N2O4. The average molecular weight is 230 g/mol. The van der Waals surface area contributed by atoms with Crippen molar-refractivity contribution in [2.24, 2.45) is 0 Å². The maximum Gasteiger partial charge on any atom is 0.231 e. The minimum atomic E-state index is -0.843. The quantitative estimate of drug-likeness (QED) is 0.382. The molecule has 0 aliphatic rings. The molecule has 6 heteroatoms. The summed E-state index contributed by atoms with van der Waals surface area (Å²) >= 11 is 0. The molecule has 0 aromatic heterocycles. The zero-order chi connectivity index (χ0) is 12.7. The highest BCUT2D eigenvalue weighted by atomic mass is 16.6. The highest BCUT2D eigenvalue weighted by molar-refractivity contribution is 5.09. The third kappa shape index (κ3) is 4.37. The van der Waals surface area contributed by atoms with Gasteiger partial charge in [0.05, 0.1) is 0 Å². The summed E-state index contributed by atoms with van der Waals surface area (Å²) in [5.41, 5.74) is 0.528. The second kappa shape index (κ2) is 6.92. The third-order valence-electron chi connectivity index (χ3n) is 2.52. The van der Waals surface area contributed by atoms with Crippen molar-refractivity contribution in [3.05, 3.63) is 31.9 Å². The van der Waals surface area contributed by atoms with Gasteiger partial charge in [0.1, 0.15) is 0 Å². The maximum atomic E-state index is 10.7. The molecule has 6 nitrogen and oxygen atoms in total. The van der Waals surface area contributed by atoms with Gasteiger partial charge in [0.25, 0.3) is 0 Å². The van der Waals surface area contributed by atoms with Crippen LogP contribution in [0.1, 0.15) is 40.0 Å². The van der Waals surface area contributed by atoms with E-state index in [0.29, 0.717) is 24.8 Å². The maximum absolute atomic E-state index is 10.7. The molecule has 0 bridgehead atoms. The van der Waals surface area contributed by atoms with E-state index in [9.17, 15) is 20.2 Å². The molecule has 0 fully saturated rings. The van der Waals surface area contributed by atoms with Gasteiger partial charge in [-0.15, -0.1) is 0 Å². The molecule has 2 unspecified atom stereocenters. The van der Waals surface area contributed by atoms with Crippen LogP contribution in [0.15, 0.2) is 11.6 Å². The van der Waals surface area contributed by atoms with Gasteiger partial charge in [-0.3, -0.25) is 20.2 Å². The summed E-state index contributed by atoms with van der Waals surface area (Å²) in [7, 11) is 0. The molecule has 0 saturated heterocycles. The molecule has 0 aliphatic carbocycles. The van der Waals surface area contributed by atoms with E-state index in [-0.39, 0.29) is 4.92 Å². The Morgan fingerprint density at radius 2 is 1.81 bits per heavy atom. The summed E-state index contributed by atoms with van der Waals surface area (Å²) in [5.74, 6) is 0. The van der Waals surface area contributed by atoms with E-state index in [0.717, 1.165) is 0 Å². The normalized spacial score (nSPS) is 15.6. The Kier molecular flexibility index (Phi) is 6.29. The predicted octanol–water partition coefficient (Wildman–Crippen LogP) is 2.43. The van der Waals surface area contributed by atoms with E-state index in [1.165, 1.54) is 13.0 Å². The zero-order valence-electron chi connectivity index (χ0n) is 9.88. The molecule has 0 aliphatic heterocycles. The summed E-state index contributed by atoms with van der Waals surface area (Å²) in [5, 5.41) is 21.3. The monoisotopic (exact) mass is 230 g/mol. The van der Waals surface area contributed by atoms with Crippen LogP contribution in [-0.4, -0.2) is 21.9 Å². The second-order valence-corrected chi connectivity index (χ2v) is 3.70. The van der Waals surface area contributed by atoms with Crippen LogP contribution in [0.4, 0.5) is 0 Å². The standard InChI is InChI=1S/C10H18N2O4/c1-4-6-10(12(15)16)7-9(5-2)8(3)11(13)14/h7-8,10H,4-6H2,1-3H3/b9-7+. The fourth-order valence-corrected chi connectivity index (χ4v) is 1.48. The van der Waals surface area contributed by atoms with Gasteiger partial charge >= 0.3 is 0 Å². The van der Waals surface area contributed by atoms with Gasteiger partial charge in [-0.05, 0) is 18.9 Å². The zero-order valence-corrected chi connectivity index (χ0v) is 9.88. The molecule has 92 valence electrons. The van der Waals surface area contributed by atoms with E-state index in [4.69, 9.17) is 0 Å². The highest BCUT2D eigenvalue weighted by Gasteiger charge is 2.23. The third-order valence-corrected chi connectivity index (χ3v) is 2.52. The molecule has 0 amide bonds. The number of hydrogen-bond donors (Lipinski definition) is 0. The molecule has 0 aromatic carbocycles. The second-order valence-electron chi connectivity index (χ2n) is 3.70. The highest BCUT2D eigenvalue weighted by Crippen LogP contribution is 2.14. The Labute approximate surface area is 94.6 Å². The lowest BCUT2D eigenvalue weighted by Crippen LogP contribution is -2.22. The van der Waals surface area contributed by atoms with E-state index >= 15 is 0 Å².